The summed E-state index contributed by atoms with van der Waals surface area (Å²) in [5.41, 5.74) is 3.55. The first-order chi connectivity index (χ1) is 7.72. The van der Waals surface area contributed by atoms with Crippen molar-refractivity contribution in [1.82, 2.24) is 20.3 Å². The van der Waals surface area contributed by atoms with E-state index in [-0.39, 0.29) is 6.04 Å². The van der Waals surface area contributed by atoms with Crippen molar-refractivity contribution in [3.63, 3.8) is 0 Å². The van der Waals surface area contributed by atoms with Crippen molar-refractivity contribution in [1.29, 1.82) is 0 Å². The van der Waals surface area contributed by atoms with Gasteiger partial charge in [0.2, 0.25) is 0 Å². The van der Waals surface area contributed by atoms with Crippen LogP contribution in [0.1, 0.15) is 22.9 Å². The summed E-state index contributed by atoms with van der Waals surface area (Å²) in [5, 5.41) is 11.2. The lowest BCUT2D eigenvalue weighted by molar-refractivity contribution is 0.597. The van der Waals surface area contributed by atoms with E-state index in [0.717, 1.165) is 5.69 Å². The van der Waals surface area contributed by atoms with Crippen molar-refractivity contribution in [2.45, 2.75) is 13.0 Å². The summed E-state index contributed by atoms with van der Waals surface area (Å²) in [6.45, 7) is 2.09. The van der Waals surface area contributed by atoms with Crippen LogP contribution in [0.4, 0.5) is 0 Å². The second kappa shape index (κ2) is 4.45. The zero-order chi connectivity index (χ0) is 11.5. The summed E-state index contributed by atoms with van der Waals surface area (Å²) in [4.78, 5) is 0. The largest absolute Gasteiger partial charge is 0.308 e. The molecule has 84 valence electrons. The number of hydrogen-bond acceptors (Lipinski definition) is 3. The van der Waals surface area contributed by atoms with Crippen molar-refractivity contribution in [2.24, 2.45) is 7.05 Å². The third kappa shape index (κ3) is 1.97. The minimum atomic E-state index is 0.139. The van der Waals surface area contributed by atoms with Crippen LogP contribution in [0.25, 0.3) is 0 Å². The summed E-state index contributed by atoms with van der Waals surface area (Å²) in [7, 11) is 3.85. The molecule has 0 amide bonds. The van der Waals surface area contributed by atoms with Crippen molar-refractivity contribution >= 4 is 0 Å². The van der Waals surface area contributed by atoms with E-state index in [2.05, 4.69) is 46.8 Å². The molecule has 4 heteroatoms. The first-order valence-electron chi connectivity index (χ1n) is 5.31. The van der Waals surface area contributed by atoms with E-state index in [9.17, 15) is 0 Å². The molecule has 16 heavy (non-hydrogen) atoms. The molecular formula is C12H16N4. The highest BCUT2D eigenvalue weighted by atomic mass is 15.4. The molecule has 1 atom stereocenters. The molecule has 4 nitrogen and oxygen atoms in total. The molecule has 0 aliphatic rings. The molecule has 2 rings (SSSR count). The smallest absolute Gasteiger partial charge is 0.0798 e. The normalized spacial score (nSPS) is 12.7. The lowest BCUT2D eigenvalue weighted by Gasteiger charge is -2.16. The van der Waals surface area contributed by atoms with E-state index < -0.39 is 0 Å². The second-order valence-electron chi connectivity index (χ2n) is 3.92. The summed E-state index contributed by atoms with van der Waals surface area (Å²) >= 11 is 0. The third-order valence-electron chi connectivity index (χ3n) is 2.71. The summed E-state index contributed by atoms with van der Waals surface area (Å²) < 4.78 is 1.80. The van der Waals surface area contributed by atoms with Gasteiger partial charge < -0.3 is 5.32 Å². The molecule has 1 N–H and O–H groups in total. The zero-order valence-corrected chi connectivity index (χ0v) is 9.81. The fraction of sp³-hybridized carbons (Fsp3) is 0.333. The number of hydrogen-bond donors (Lipinski definition) is 1. The Bertz CT molecular complexity index is 475. The molecular weight excluding hydrogens is 200 g/mol. The van der Waals surface area contributed by atoms with Gasteiger partial charge in [-0.3, -0.25) is 4.68 Å². The molecule has 0 aliphatic carbocycles. The van der Waals surface area contributed by atoms with E-state index in [1.54, 1.807) is 10.9 Å². The van der Waals surface area contributed by atoms with Gasteiger partial charge in [-0.2, -0.15) is 0 Å². The second-order valence-corrected chi connectivity index (χ2v) is 3.92. The molecule has 2 aromatic rings. The molecule has 0 saturated carbocycles. The fourth-order valence-corrected chi connectivity index (χ4v) is 1.89. The number of nitrogens with zero attached hydrogens (tertiary/aromatic N) is 3. The van der Waals surface area contributed by atoms with Gasteiger partial charge in [0, 0.05) is 7.05 Å². The maximum absolute atomic E-state index is 3.96. The van der Waals surface area contributed by atoms with E-state index in [1.807, 2.05) is 14.1 Å². The van der Waals surface area contributed by atoms with Gasteiger partial charge in [0.1, 0.15) is 0 Å². The highest BCUT2D eigenvalue weighted by Gasteiger charge is 2.15. The molecule has 0 saturated heterocycles. The van der Waals surface area contributed by atoms with Crippen LogP contribution in [0.5, 0.6) is 0 Å². The maximum Gasteiger partial charge on any atom is 0.0798 e. The Labute approximate surface area is 95.3 Å². The van der Waals surface area contributed by atoms with Crippen LogP contribution >= 0.6 is 0 Å². The quantitative estimate of drug-likeness (QED) is 0.844. The molecule has 0 spiro atoms. The number of aromatic nitrogens is 3. The van der Waals surface area contributed by atoms with Crippen LogP contribution in [-0.2, 0) is 7.05 Å². The Kier molecular flexibility index (Phi) is 3.01. The average molecular weight is 216 g/mol. The van der Waals surface area contributed by atoms with Crippen LogP contribution in [0.3, 0.4) is 0 Å². The standard InChI is InChI=1S/C12H16N4/c1-9-5-4-6-10(7-9)12(13-2)11-8-14-15-16(11)3/h4-8,12-13H,1-3H3. The van der Waals surface area contributed by atoms with E-state index in [4.69, 9.17) is 0 Å². The number of nitrogens with one attached hydrogen (secondary N) is 1. The Morgan fingerprint density at radius 1 is 1.38 bits per heavy atom. The minimum Gasteiger partial charge on any atom is -0.308 e. The first kappa shape index (κ1) is 10.8. The van der Waals surface area contributed by atoms with Crippen LogP contribution in [-0.4, -0.2) is 22.0 Å². The number of benzene rings is 1. The average Bonchev–Trinajstić information content (AvgIpc) is 2.67. The molecule has 1 unspecified atom stereocenters. The highest BCUT2D eigenvalue weighted by Crippen LogP contribution is 2.20. The van der Waals surface area contributed by atoms with Crippen LogP contribution < -0.4 is 5.32 Å². The minimum absolute atomic E-state index is 0.139. The summed E-state index contributed by atoms with van der Waals surface area (Å²) in [6.07, 6.45) is 1.80. The van der Waals surface area contributed by atoms with Crippen molar-refractivity contribution in [3.05, 3.63) is 47.3 Å². The van der Waals surface area contributed by atoms with E-state index in [0.29, 0.717) is 0 Å². The monoisotopic (exact) mass is 216 g/mol. The molecule has 1 aromatic heterocycles. The first-order valence-corrected chi connectivity index (χ1v) is 5.31. The molecule has 0 bridgehead atoms. The Morgan fingerprint density at radius 2 is 2.19 bits per heavy atom. The van der Waals surface area contributed by atoms with Crippen molar-refractivity contribution in [2.75, 3.05) is 7.05 Å². The molecule has 0 fully saturated rings. The molecule has 0 aliphatic heterocycles. The van der Waals surface area contributed by atoms with Gasteiger partial charge >= 0.3 is 0 Å². The van der Waals surface area contributed by atoms with Crippen LogP contribution in [0, 0.1) is 6.92 Å². The third-order valence-corrected chi connectivity index (χ3v) is 2.71. The fourth-order valence-electron chi connectivity index (χ4n) is 1.89. The molecule has 0 radical (unpaired) electrons. The molecule has 1 heterocycles. The van der Waals surface area contributed by atoms with Gasteiger partial charge in [0.25, 0.3) is 0 Å². The van der Waals surface area contributed by atoms with Crippen molar-refractivity contribution < 1.29 is 0 Å². The SMILES string of the molecule is CNC(c1cccc(C)c1)c1cnnn1C. The predicted octanol–water partition coefficient (Wildman–Crippen LogP) is 1.43. The number of rotatable bonds is 3. The summed E-state index contributed by atoms with van der Waals surface area (Å²) in [5.74, 6) is 0. The van der Waals surface area contributed by atoms with Gasteiger partial charge in [-0.25, -0.2) is 0 Å². The maximum atomic E-state index is 3.96. The zero-order valence-electron chi connectivity index (χ0n) is 9.81. The van der Waals surface area contributed by atoms with Gasteiger partial charge in [0.15, 0.2) is 0 Å². The Hall–Kier alpha value is -1.68. The Balaban J connectivity index is 2.40. The lowest BCUT2D eigenvalue weighted by Crippen LogP contribution is -2.20. The van der Waals surface area contributed by atoms with Gasteiger partial charge in [-0.05, 0) is 19.5 Å². The predicted molar refractivity (Wildman–Crippen MR) is 63.1 cm³/mol. The van der Waals surface area contributed by atoms with Crippen LogP contribution in [0.2, 0.25) is 0 Å². The van der Waals surface area contributed by atoms with E-state index >= 15 is 0 Å². The molecule has 1 aromatic carbocycles. The lowest BCUT2D eigenvalue weighted by atomic mass is 10.0. The van der Waals surface area contributed by atoms with E-state index in [1.165, 1.54) is 11.1 Å². The van der Waals surface area contributed by atoms with Gasteiger partial charge in [-0.1, -0.05) is 35.0 Å². The highest BCUT2D eigenvalue weighted by molar-refractivity contribution is 5.30. The van der Waals surface area contributed by atoms with Crippen molar-refractivity contribution in [3.8, 4) is 0 Å². The Morgan fingerprint density at radius 3 is 2.75 bits per heavy atom. The number of aryl methyl sites for hydroxylation is 2. The topological polar surface area (TPSA) is 42.7 Å². The van der Waals surface area contributed by atoms with Crippen LogP contribution in [0.15, 0.2) is 30.5 Å². The van der Waals surface area contributed by atoms with Gasteiger partial charge in [0.05, 0.1) is 17.9 Å². The summed E-state index contributed by atoms with van der Waals surface area (Å²) in [6, 6.07) is 8.59. The van der Waals surface area contributed by atoms with Gasteiger partial charge in [-0.15, -0.1) is 5.10 Å².